The molecule has 0 radical (unpaired) electrons. The van der Waals surface area contributed by atoms with Gasteiger partial charge < -0.3 is 5.32 Å². The summed E-state index contributed by atoms with van der Waals surface area (Å²) in [7, 11) is 0. The Balaban J connectivity index is 1.65. The number of para-hydroxylation sites is 1. The molecule has 0 fully saturated rings. The number of carbonyl (C=O) groups is 1. The molecule has 1 heterocycles. The first-order valence-corrected chi connectivity index (χ1v) is 7.47. The van der Waals surface area contributed by atoms with E-state index in [0.29, 0.717) is 0 Å². The second-order valence-corrected chi connectivity index (χ2v) is 5.17. The molecule has 3 rings (SSSR count). The molecule has 0 saturated heterocycles. The summed E-state index contributed by atoms with van der Waals surface area (Å²) in [5.41, 5.74) is 3.15. The average molecular weight is 318 g/mol. The number of rotatable bonds is 4. The smallest absolute Gasteiger partial charge is 0.248 e. The summed E-state index contributed by atoms with van der Waals surface area (Å²) in [6.07, 6.45) is 4.83. The Hall–Kier alpha value is -3.27. The summed E-state index contributed by atoms with van der Waals surface area (Å²) in [6, 6.07) is 19.1. The van der Waals surface area contributed by atoms with Crippen LogP contribution in [0.4, 0.5) is 10.1 Å². The lowest BCUT2D eigenvalue weighted by Gasteiger charge is -2.02. The molecule has 3 nitrogen and oxygen atoms in total. The number of amides is 1. The Labute approximate surface area is 139 Å². The van der Waals surface area contributed by atoms with E-state index < -0.39 is 0 Å². The summed E-state index contributed by atoms with van der Waals surface area (Å²) in [5.74, 6) is -0.480. The van der Waals surface area contributed by atoms with Crippen LogP contribution in [0.2, 0.25) is 0 Å². The van der Waals surface area contributed by atoms with Gasteiger partial charge in [0.1, 0.15) is 5.82 Å². The number of halogens is 1. The van der Waals surface area contributed by atoms with E-state index in [9.17, 15) is 9.18 Å². The van der Waals surface area contributed by atoms with Gasteiger partial charge in [0.15, 0.2) is 0 Å². The van der Waals surface area contributed by atoms with Crippen molar-refractivity contribution in [3.05, 3.63) is 90.4 Å². The Bertz CT molecular complexity index is 841. The number of nitrogens with one attached hydrogen (secondary N) is 1. The summed E-state index contributed by atoms with van der Waals surface area (Å²) in [4.78, 5) is 16.2. The number of benzene rings is 2. The molecule has 1 amide bonds. The third-order valence-electron chi connectivity index (χ3n) is 3.39. The second-order valence-electron chi connectivity index (χ2n) is 5.17. The topological polar surface area (TPSA) is 42.0 Å². The number of anilines is 1. The third-order valence-corrected chi connectivity index (χ3v) is 3.39. The fourth-order valence-electron chi connectivity index (χ4n) is 2.17. The molecule has 0 aliphatic rings. The molecule has 3 aromatic rings. The standard InChI is InChI=1S/C20H15FN2O/c21-17-10-8-16(9-11-17)19-12-6-15(14-22-19)7-13-20(24)23-18-4-2-1-3-5-18/h1-14H,(H,23,24)/b13-7+. The molecule has 24 heavy (non-hydrogen) atoms. The van der Waals surface area contributed by atoms with Crippen molar-refractivity contribution >= 4 is 17.7 Å². The van der Waals surface area contributed by atoms with Crippen LogP contribution >= 0.6 is 0 Å². The van der Waals surface area contributed by atoms with Crippen LogP contribution in [0.5, 0.6) is 0 Å². The zero-order valence-electron chi connectivity index (χ0n) is 12.8. The molecule has 118 valence electrons. The van der Waals surface area contributed by atoms with Gasteiger partial charge in [0.2, 0.25) is 5.91 Å². The Morgan fingerprint density at radius 1 is 0.958 bits per heavy atom. The average Bonchev–Trinajstić information content (AvgIpc) is 2.62. The molecule has 0 aliphatic carbocycles. The SMILES string of the molecule is O=C(/C=C/c1ccc(-c2ccc(F)cc2)nc1)Nc1ccccc1. The maximum atomic E-state index is 12.9. The van der Waals surface area contributed by atoms with E-state index in [1.54, 1.807) is 24.4 Å². The molecule has 0 spiro atoms. The van der Waals surface area contributed by atoms with Crippen LogP contribution in [-0.2, 0) is 4.79 Å². The lowest BCUT2D eigenvalue weighted by Crippen LogP contribution is -2.07. The molecule has 0 aliphatic heterocycles. The van der Waals surface area contributed by atoms with Crippen molar-refractivity contribution in [2.75, 3.05) is 5.32 Å². The minimum atomic E-state index is -0.275. The Morgan fingerprint density at radius 2 is 1.71 bits per heavy atom. The first-order chi connectivity index (χ1) is 11.7. The molecule has 4 heteroatoms. The van der Waals surface area contributed by atoms with Crippen LogP contribution in [0.25, 0.3) is 17.3 Å². The van der Waals surface area contributed by atoms with Crippen LogP contribution in [0, 0.1) is 5.82 Å². The molecule has 0 atom stereocenters. The zero-order valence-corrected chi connectivity index (χ0v) is 12.8. The molecular formula is C20H15FN2O. The number of hydrogen-bond donors (Lipinski definition) is 1. The highest BCUT2D eigenvalue weighted by Gasteiger charge is 2.00. The number of carbonyl (C=O) groups excluding carboxylic acids is 1. The number of nitrogens with zero attached hydrogens (tertiary/aromatic N) is 1. The Morgan fingerprint density at radius 3 is 2.38 bits per heavy atom. The van der Waals surface area contributed by atoms with Gasteiger partial charge in [0.25, 0.3) is 0 Å². The molecule has 1 N–H and O–H groups in total. The van der Waals surface area contributed by atoms with Crippen molar-refractivity contribution in [1.29, 1.82) is 0 Å². The van der Waals surface area contributed by atoms with E-state index in [1.807, 2.05) is 42.5 Å². The second kappa shape index (κ2) is 7.33. The minimum absolute atomic E-state index is 0.205. The van der Waals surface area contributed by atoms with E-state index >= 15 is 0 Å². The molecule has 0 unspecified atom stereocenters. The minimum Gasteiger partial charge on any atom is -0.323 e. The molecular weight excluding hydrogens is 303 g/mol. The zero-order chi connectivity index (χ0) is 16.8. The van der Waals surface area contributed by atoms with Crippen LogP contribution in [0.1, 0.15) is 5.56 Å². The van der Waals surface area contributed by atoms with Crippen LogP contribution < -0.4 is 5.32 Å². The van der Waals surface area contributed by atoms with E-state index in [1.165, 1.54) is 18.2 Å². The van der Waals surface area contributed by atoms with Crippen LogP contribution in [-0.4, -0.2) is 10.9 Å². The van der Waals surface area contributed by atoms with Crippen LogP contribution in [0.15, 0.2) is 79.0 Å². The highest BCUT2D eigenvalue weighted by atomic mass is 19.1. The normalized spacial score (nSPS) is 10.7. The molecule has 1 aromatic heterocycles. The Kier molecular flexibility index (Phi) is 4.77. The van der Waals surface area contributed by atoms with E-state index in [-0.39, 0.29) is 11.7 Å². The summed E-state index contributed by atoms with van der Waals surface area (Å²) >= 11 is 0. The first-order valence-electron chi connectivity index (χ1n) is 7.47. The van der Waals surface area contributed by atoms with E-state index in [2.05, 4.69) is 10.3 Å². The lowest BCUT2D eigenvalue weighted by atomic mass is 10.1. The summed E-state index contributed by atoms with van der Waals surface area (Å²) in [6.45, 7) is 0. The fourth-order valence-corrected chi connectivity index (χ4v) is 2.17. The number of aromatic nitrogens is 1. The molecule has 0 saturated carbocycles. The third kappa shape index (κ3) is 4.14. The van der Waals surface area contributed by atoms with Crippen molar-refractivity contribution in [2.24, 2.45) is 0 Å². The lowest BCUT2D eigenvalue weighted by molar-refractivity contribution is -0.111. The summed E-state index contributed by atoms with van der Waals surface area (Å²) in [5, 5.41) is 2.77. The summed E-state index contributed by atoms with van der Waals surface area (Å²) < 4.78 is 12.9. The quantitative estimate of drug-likeness (QED) is 0.718. The van der Waals surface area contributed by atoms with Gasteiger partial charge in [-0.3, -0.25) is 9.78 Å². The highest BCUT2D eigenvalue weighted by molar-refractivity contribution is 6.01. The predicted octanol–water partition coefficient (Wildman–Crippen LogP) is 4.54. The van der Waals surface area contributed by atoms with Gasteiger partial charge in [-0.15, -0.1) is 0 Å². The van der Waals surface area contributed by atoms with Crippen molar-refractivity contribution in [2.45, 2.75) is 0 Å². The van der Waals surface area contributed by atoms with Crippen molar-refractivity contribution in [3.63, 3.8) is 0 Å². The van der Waals surface area contributed by atoms with Gasteiger partial charge in [-0.2, -0.15) is 0 Å². The van der Waals surface area contributed by atoms with Gasteiger partial charge in [0, 0.05) is 23.5 Å². The van der Waals surface area contributed by atoms with Crippen LogP contribution in [0.3, 0.4) is 0 Å². The van der Waals surface area contributed by atoms with Gasteiger partial charge in [-0.25, -0.2) is 4.39 Å². The molecule has 0 bridgehead atoms. The molecule has 2 aromatic carbocycles. The van der Waals surface area contributed by atoms with Gasteiger partial charge >= 0.3 is 0 Å². The van der Waals surface area contributed by atoms with Gasteiger partial charge in [-0.05, 0) is 54.1 Å². The van der Waals surface area contributed by atoms with Crippen molar-refractivity contribution in [3.8, 4) is 11.3 Å². The largest absolute Gasteiger partial charge is 0.323 e. The van der Waals surface area contributed by atoms with Gasteiger partial charge in [-0.1, -0.05) is 24.3 Å². The number of pyridine rings is 1. The first kappa shape index (κ1) is 15.6. The van der Waals surface area contributed by atoms with E-state index in [0.717, 1.165) is 22.5 Å². The maximum absolute atomic E-state index is 12.9. The van der Waals surface area contributed by atoms with Crippen molar-refractivity contribution in [1.82, 2.24) is 4.98 Å². The monoisotopic (exact) mass is 318 g/mol. The highest BCUT2D eigenvalue weighted by Crippen LogP contribution is 2.17. The number of hydrogen-bond acceptors (Lipinski definition) is 2. The fraction of sp³-hybridized carbons (Fsp3) is 0. The predicted molar refractivity (Wildman–Crippen MR) is 93.7 cm³/mol. The maximum Gasteiger partial charge on any atom is 0.248 e. The van der Waals surface area contributed by atoms with E-state index in [4.69, 9.17) is 0 Å². The van der Waals surface area contributed by atoms with Gasteiger partial charge in [0.05, 0.1) is 5.69 Å². The van der Waals surface area contributed by atoms with Crippen molar-refractivity contribution < 1.29 is 9.18 Å².